The SMILES string of the molecule is c1ccc(-c2ccc(N(c3cccc(-c4ccc5c(c4)C4(c6ccccc6-5)c5ccccc5-n5c6ccccc6c6cccc4c65)c3)c3cc4ccccc4c4ccccc34)cc2)cc1. The lowest BCUT2D eigenvalue weighted by Crippen LogP contribution is -2.33. The molecule has 2 heterocycles. The lowest BCUT2D eigenvalue weighted by molar-refractivity contribution is 0.749. The highest BCUT2D eigenvalue weighted by molar-refractivity contribution is 6.15. The van der Waals surface area contributed by atoms with Gasteiger partial charge in [-0.1, -0.05) is 194 Å². The summed E-state index contributed by atoms with van der Waals surface area (Å²) in [6, 6.07) is 90.2. The van der Waals surface area contributed by atoms with Gasteiger partial charge in [-0.15, -0.1) is 0 Å². The number of para-hydroxylation sites is 3. The van der Waals surface area contributed by atoms with Crippen LogP contribution in [-0.2, 0) is 5.41 Å². The average molecular weight is 825 g/mol. The van der Waals surface area contributed by atoms with Crippen LogP contribution in [0.5, 0.6) is 0 Å². The Morgan fingerprint density at radius 1 is 0.323 bits per heavy atom. The number of hydrogen-bond donors (Lipinski definition) is 0. The summed E-state index contributed by atoms with van der Waals surface area (Å²) in [5, 5.41) is 7.50. The number of fused-ring (bicyclic) bond motifs is 15. The largest absolute Gasteiger partial charge is 0.310 e. The fourth-order valence-corrected chi connectivity index (χ4v) is 11.6. The first-order valence-electron chi connectivity index (χ1n) is 22.6. The highest BCUT2D eigenvalue weighted by Crippen LogP contribution is 2.61. The predicted molar refractivity (Wildman–Crippen MR) is 272 cm³/mol. The molecule has 1 aromatic heterocycles. The van der Waals surface area contributed by atoms with Gasteiger partial charge in [-0.3, -0.25) is 0 Å². The van der Waals surface area contributed by atoms with E-state index in [4.69, 9.17) is 0 Å². The molecule has 0 saturated carbocycles. The van der Waals surface area contributed by atoms with Crippen molar-refractivity contribution in [3.8, 4) is 39.1 Å². The number of hydrogen-bond acceptors (Lipinski definition) is 1. The molecule has 2 heteroatoms. The van der Waals surface area contributed by atoms with Crippen molar-refractivity contribution in [3.05, 3.63) is 265 Å². The molecule has 0 saturated heterocycles. The molecule has 0 N–H and O–H groups in total. The van der Waals surface area contributed by atoms with Crippen LogP contribution >= 0.6 is 0 Å². The molecule has 2 nitrogen and oxygen atoms in total. The van der Waals surface area contributed by atoms with Crippen molar-refractivity contribution >= 4 is 60.4 Å². The van der Waals surface area contributed by atoms with E-state index < -0.39 is 5.41 Å². The van der Waals surface area contributed by atoms with Crippen LogP contribution in [0.1, 0.15) is 22.3 Å². The second kappa shape index (κ2) is 13.8. The lowest BCUT2D eigenvalue weighted by atomic mass is 9.65. The van der Waals surface area contributed by atoms with E-state index in [1.807, 2.05) is 0 Å². The zero-order valence-corrected chi connectivity index (χ0v) is 35.5. The Balaban J connectivity index is 0.993. The van der Waals surface area contributed by atoms with Crippen LogP contribution in [0.15, 0.2) is 243 Å². The molecule has 12 aromatic rings. The van der Waals surface area contributed by atoms with Gasteiger partial charge in [-0.05, 0) is 120 Å². The van der Waals surface area contributed by atoms with E-state index >= 15 is 0 Å². The molecule has 1 spiro atoms. The van der Waals surface area contributed by atoms with Gasteiger partial charge in [0.05, 0.1) is 27.8 Å². The molecule has 0 radical (unpaired) electrons. The Bertz CT molecular complexity index is 3900. The van der Waals surface area contributed by atoms with Gasteiger partial charge < -0.3 is 9.47 Å². The molecule has 65 heavy (non-hydrogen) atoms. The van der Waals surface area contributed by atoms with Crippen LogP contribution in [-0.4, -0.2) is 4.57 Å². The van der Waals surface area contributed by atoms with Crippen molar-refractivity contribution in [1.29, 1.82) is 0 Å². The summed E-state index contributed by atoms with van der Waals surface area (Å²) in [6.07, 6.45) is 0. The third-order valence-electron chi connectivity index (χ3n) is 14.3. The van der Waals surface area contributed by atoms with Crippen molar-refractivity contribution < 1.29 is 0 Å². The second-order valence-corrected chi connectivity index (χ2v) is 17.6. The molecule has 14 rings (SSSR count). The van der Waals surface area contributed by atoms with Crippen LogP contribution in [0.4, 0.5) is 17.1 Å². The molecule has 0 amide bonds. The van der Waals surface area contributed by atoms with Crippen LogP contribution in [0, 0.1) is 0 Å². The maximum atomic E-state index is 2.52. The Kier molecular flexibility index (Phi) is 7.64. The minimum absolute atomic E-state index is 0.517. The first-order valence-corrected chi connectivity index (χ1v) is 22.6. The van der Waals surface area contributed by atoms with Gasteiger partial charge >= 0.3 is 0 Å². The van der Waals surface area contributed by atoms with E-state index in [9.17, 15) is 0 Å². The quantitative estimate of drug-likeness (QED) is 0.157. The second-order valence-electron chi connectivity index (χ2n) is 17.6. The minimum atomic E-state index is -0.517. The fraction of sp³-hybridized carbons (Fsp3) is 0.0159. The number of anilines is 3. The van der Waals surface area contributed by atoms with Gasteiger partial charge in [0.1, 0.15) is 0 Å². The average Bonchev–Trinajstić information content (AvgIpc) is 3.87. The summed E-state index contributed by atoms with van der Waals surface area (Å²) in [5.41, 5.74) is 19.3. The van der Waals surface area contributed by atoms with E-state index in [0.717, 1.165) is 17.1 Å². The Morgan fingerprint density at radius 3 is 1.80 bits per heavy atom. The zero-order chi connectivity index (χ0) is 42.6. The highest BCUT2D eigenvalue weighted by Gasteiger charge is 2.50. The molecule has 0 bridgehead atoms. The smallest absolute Gasteiger partial charge is 0.0754 e. The summed E-state index contributed by atoms with van der Waals surface area (Å²) in [6.45, 7) is 0. The molecule has 11 aromatic carbocycles. The Hall–Kier alpha value is -8.46. The van der Waals surface area contributed by atoms with Crippen LogP contribution in [0.25, 0.3) is 82.4 Å². The van der Waals surface area contributed by atoms with E-state index in [0.29, 0.717) is 0 Å². The first kappa shape index (κ1) is 36.1. The van der Waals surface area contributed by atoms with Crippen molar-refractivity contribution in [2.45, 2.75) is 5.41 Å². The Labute approximate surface area is 377 Å². The standard InChI is InChI=1S/C63H40N2/c1-2-16-41(17-3-1)42-32-35-46(36-33-42)64(61-40-45-18-4-5-21-48(45)49-22-6-7-24-52(49)61)47-20-14-19-43(38-47)44-34-37-51-50-23-8-10-27-55(50)63(58(51)39-44)56-28-11-13-31-60(56)65-59-30-12-9-25-53(59)54-26-15-29-57(63)62(54)65/h1-40H. The van der Waals surface area contributed by atoms with E-state index in [1.165, 1.54) is 105 Å². The fourth-order valence-electron chi connectivity index (χ4n) is 11.6. The molecule has 1 unspecified atom stereocenters. The zero-order valence-electron chi connectivity index (χ0n) is 35.5. The minimum Gasteiger partial charge on any atom is -0.310 e. The number of benzene rings is 11. The molecule has 302 valence electrons. The molecular weight excluding hydrogens is 785 g/mol. The van der Waals surface area contributed by atoms with Gasteiger partial charge in [-0.25, -0.2) is 0 Å². The van der Waals surface area contributed by atoms with Crippen molar-refractivity contribution in [2.75, 3.05) is 4.90 Å². The summed E-state index contributed by atoms with van der Waals surface area (Å²) < 4.78 is 2.52. The van der Waals surface area contributed by atoms with Gasteiger partial charge in [0.2, 0.25) is 0 Å². The summed E-state index contributed by atoms with van der Waals surface area (Å²) in [4.78, 5) is 2.45. The maximum absolute atomic E-state index is 2.52. The molecule has 1 aliphatic carbocycles. The van der Waals surface area contributed by atoms with E-state index in [2.05, 4.69) is 252 Å². The van der Waals surface area contributed by atoms with Crippen LogP contribution in [0.3, 0.4) is 0 Å². The third-order valence-corrected chi connectivity index (χ3v) is 14.3. The van der Waals surface area contributed by atoms with Gasteiger partial charge in [-0.2, -0.15) is 0 Å². The Morgan fingerprint density at radius 2 is 0.923 bits per heavy atom. The van der Waals surface area contributed by atoms with Crippen molar-refractivity contribution in [1.82, 2.24) is 4.57 Å². The predicted octanol–water partition coefficient (Wildman–Crippen LogP) is 16.6. The summed E-state index contributed by atoms with van der Waals surface area (Å²) >= 11 is 0. The topological polar surface area (TPSA) is 8.17 Å². The van der Waals surface area contributed by atoms with Crippen molar-refractivity contribution in [3.63, 3.8) is 0 Å². The molecule has 0 fully saturated rings. The molecular formula is C63H40N2. The maximum Gasteiger partial charge on any atom is 0.0754 e. The number of nitrogens with zero attached hydrogens (tertiary/aromatic N) is 2. The third kappa shape index (κ3) is 5.05. The lowest BCUT2D eigenvalue weighted by Gasteiger charge is -2.39. The summed E-state index contributed by atoms with van der Waals surface area (Å²) in [5.74, 6) is 0. The number of rotatable bonds is 5. The van der Waals surface area contributed by atoms with E-state index in [1.54, 1.807) is 0 Å². The first-order chi connectivity index (χ1) is 32.3. The molecule has 2 aliphatic rings. The molecule has 1 aliphatic heterocycles. The van der Waals surface area contributed by atoms with E-state index in [-0.39, 0.29) is 0 Å². The molecule has 1 atom stereocenters. The van der Waals surface area contributed by atoms with Crippen molar-refractivity contribution in [2.24, 2.45) is 0 Å². The highest BCUT2D eigenvalue weighted by atomic mass is 15.1. The van der Waals surface area contributed by atoms with Gasteiger partial charge in [0.15, 0.2) is 0 Å². The normalized spacial score (nSPS) is 14.5. The van der Waals surface area contributed by atoms with Crippen LogP contribution in [0.2, 0.25) is 0 Å². The van der Waals surface area contributed by atoms with Crippen LogP contribution < -0.4 is 4.90 Å². The summed E-state index contributed by atoms with van der Waals surface area (Å²) in [7, 11) is 0. The van der Waals surface area contributed by atoms with Gasteiger partial charge in [0.25, 0.3) is 0 Å². The number of aromatic nitrogens is 1. The van der Waals surface area contributed by atoms with Gasteiger partial charge in [0, 0.05) is 27.5 Å². The monoisotopic (exact) mass is 824 g/mol.